The van der Waals surface area contributed by atoms with E-state index in [4.69, 9.17) is 4.74 Å². The molecule has 2 rings (SSSR count). The molecule has 2 aromatic carbocycles. The summed E-state index contributed by atoms with van der Waals surface area (Å²) in [5, 5.41) is 1.82. The third-order valence-electron chi connectivity index (χ3n) is 2.79. The number of carbonyl (C=O) groups is 1. The van der Waals surface area contributed by atoms with Crippen LogP contribution in [0.5, 0.6) is 0 Å². The quantitative estimate of drug-likeness (QED) is 0.760. The van der Waals surface area contributed by atoms with E-state index < -0.39 is 5.97 Å². The van der Waals surface area contributed by atoms with Crippen molar-refractivity contribution < 1.29 is 9.53 Å². The maximum absolute atomic E-state index is 12.0. The minimum Gasteiger partial charge on any atom is -0.462 e. The summed E-state index contributed by atoms with van der Waals surface area (Å²) in [5.74, 6) is -0.566. The highest BCUT2D eigenvalue weighted by Gasteiger charge is 2.11. The Morgan fingerprint density at radius 3 is 2.67 bits per heavy atom. The molecule has 0 aliphatic rings. The van der Waals surface area contributed by atoms with Gasteiger partial charge in [0.25, 0.3) is 0 Å². The van der Waals surface area contributed by atoms with Crippen LogP contribution in [-0.4, -0.2) is 12.6 Å². The van der Waals surface area contributed by atoms with Gasteiger partial charge in [-0.3, -0.25) is 4.79 Å². The second-order valence-corrected chi connectivity index (χ2v) is 4.06. The molecule has 0 spiro atoms. The minimum absolute atomic E-state index is 0.0844. The number of ether oxygens (including phenoxy) is 1. The van der Waals surface area contributed by atoms with Crippen molar-refractivity contribution in [1.82, 2.24) is 0 Å². The van der Waals surface area contributed by atoms with Gasteiger partial charge in [-0.25, -0.2) is 4.79 Å². The molecule has 0 aromatic heterocycles. The standard InChI is InChI=1S/C15H14O3/c1-3-18-15(17)13-9-11-6-4-5-7-12(11)10(2)8-14(13)16/h4-9H,3H2,1-2H3. The Morgan fingerprint density at radius 1 is 1.22 bits per heavy atom. The minimum atomic E-state index is -0.566. The van der Waals surface area contributed by atoms with Crippen molar-refractivity contribution in [3.63, 3.8) is 0 Å². The number of fused-ring (bicyclic) bond motifs is 1. The molecule has 0 aliphatic heterocycles. The number of esters is 1. The molecule has 92 valence electrons. The Kier molecular flexibility index (Phi) is 3.42. The summed E-state index contributed by atoms with van der Waals surface area (Å²) in [6.07, 6.45) is 0. The summed E-state index contributed by atoms with van der Waals surface area (Å²) in [7, 11) is 0. The van der Waals surface area contributed by atoms with Gasteiger partial charge in [-0.15, -0.1) is 0 Å². The van der Waals surface area contributed by atoms with Gasteiger partial charge in [-0.2, -0.15) is 0 Å². The zero-order valence-electron chi connectivity index (χ0n) is 10.4. The van der Waals surface area contributed by atoms with Crippen LogP contribution in [-0.2, 0) is 4.74 Å². The van der Waals surface area contributed by atoms with Crippen LogP contribution in [0, 0.1) is 6.92 Å². The van der Waals surface area contributed by atoms with Crippen molar-refractivity contribution in [3.05, 3.63) is 57.7 Å². The molecule has 0 atom stereocenters. The van der Waals surface area contributed by atoms with Crippen molar-refractivity contribution in [2.24, 2.45) is 0 Å². The Labute approximate surface area is 105 Å². The molecule has 0 unspecified atom stereocenters. The van der Waals surface area contributed by atoms with Crippen LogP contribution in [0.4, 0.5) is 0 Å². The normalized spacial score (nSPS) is 10.3. The Bertz CT molecular complexity index is 659. The van der Waals surface area contributed by atoms with Crippen molar-refractivity contribution >= 4 is 16.7 Å². The lowest BCUT2D eigenvalue weighted by atomic mass is 10.1. The third-order valence-corrected chi connectivity index (χ3v) is 2.79. The first-order chi connectivity index (χ1) is 8.63. The van der Waals surface area contributed by atoms with Crippen molar-refractivity contribution in [3.8, 4) is 0 Å². The van der Waals surface area contributed by atoms with Gasteiger partial charge in [0, 0.05) is 0 Å². The highest BCUT2D eigenvalue weighted by atomic mass is 16.5. The van der Waals surface area contributed by atoms with E-state index in [1.54, 1.807) is 13.0 Å². The van der Waals surface area contributed by atoms with Gasteiger partial charge in [0.05, 0.1) is 6.61 Å². The van der Waals surface area contributed by atoms with Crippen LogP contribution >= 0.6 is 0 Å². The lowest BCUT2D eigenvalue weighted by molar-refractivity contribution is 0.0525. The topological polar surface area (TPSA) is 43.4 Å². The molecule has 0 bridgehead atoms. The zero-order valence-corrected chi connectivity index (χ0v) is 10.4. The van der Waals surface area contributed by atoms with Crippen molar-refractivity contribution in [2.45, 2.75) is 13.8 Å². The van der Waals surface area contributed by atoms with Crippen LogP contribution in [0.25, 0.3) is 10.8 Å². The van der Waals surface area contributed by atoms with Gasteiger partial charge < -0.3 is 4.74 Å². The highest BCUT2D eigenvalue weighted by molar-refractivity contribution is 5.94. The van der Waals surface area contributed by atoms with Crippen LogP contribution in [0.15, 0.2) is 41.2 Å². The highest BCUT2D eigenvalue weighted by Crippen LogP contribution is 2.16. The van der Waals surface area contributed by atoms with Crippen LogP contribution < -0.4 is 5.43 Å². The fraction of sp³-hybridized carbons (Fsp3) is 0.200. The predicted octanol–water partition coefficient (Wildman–Crippen LogP) is 2.69. The van der Waals surface area contributed by atoms with Crippen molar-refractivity contribution in [2.75, 3.05) is 6.61 Å². The second kappa shape index (κ2) is 5.00. The van der Waals surface area contributed by atoms with Gasteiger partial charge in [-0.05, 0) is 42.3 Å². The van der Waals surface area contributed by atoms with Gasteiger partial charge in [0.15, 0.2) is 5.43 Å². The second-order valence-electron chi connectivity index (χ2n) is 4.06. The van der Waals surface area contributed by atoms with E-state index in [0.29, 0.717) is 0 Å². The molecule has 2 aromatic rings. The molecule has 18 heavy (non-hydrogen) atoms. The van der Waals surface area contributed by atoms with E-state index in [-0.39, 0.29) is 17.6 Å². The first-order valence-corrected chi connectivity index (χ1v) is 5.84. The monoisotopic (exact) mass is 242 g/mol. The van der Waals surface area contributed by atoms with E-state index in [0.717, 1.165) is 16.3 Å². The summed E-state index contributed by atoms with van der Waals surface area (Å²) in [5.41, 5.74) is 0.634. The van der Waals surface area contributed by atoms with E-state index in [9.17, 15) is 9.59 Å². The van der Waals surface area contributed by atoms with E-state index in [1.807, 2.05) is 31.2 Å². The molecule has 0 fully saturated rings. The number of aryl methyl sites for hydroxylation is 1. The van der Waals surface area contributed by atoms with Gasteiger partial charge >= 0.3 is 5.97 Å². The lowest BCUT2D eigenvalue weighted by Gasteiger charge is -1.98. The van der Waals surface area contributed by atoms with Crippen molar-refractivity contribution in [1.29, 1.82) is 0 Å². The molecule has 0 radical (unpaired) electrons. The lowest BCUT2D eigenvalue weighted by Crippen LogP contribution is -2.14. The first-order valence-electron chi connectivity index (χ1n) is 5.84. The molecule has 0 heterocycles. The van der Waals surface area contributed by atoms with Crippen LogP contribution in [0.2, 0.25) is 0 Å². The molecular formula is C15H14O3. The van der Waals surface area contributed by atoms with E-state index >= 15 is 0 Å². The van der Waals surface area contributed by atoms with Gasteiger partial charge in [0.2, 0.25) is 0 Å². The summed E-state index contributed by atoms with van der Waals surface area (Å²) in [6, 6.07) is 10.7. The van der Waals surface area contributed by atoms with E-state index in [2.05, 4.69) is 0 Å². The number of hydrogen-bond acceptors (Lipinski definition) is 3. The number of rotatable bonds is 2. The van der Waals surface area contributed by atoms with E-state index in [1.165, 1.54) is 6.07 Å². The fourth-order valence-electron chi connectivity index (χ4n) is 1.93. The van der Waals surface area contributed by atoms with Crippen LogP contribution in [0.1, 0.15) is 22.8 Å². The average Bonchev–Trinajstić information content (AvgIpc) is 2.47. The summed E-state index contributed by atoms with van der Waals surface area (Å²) in [6.45, 7) is 3.83. The number of benzene rings is 1. The maximum atomic E-state index is 12.0. The molecule has 0 saturated heterocycles. The maximum Gasteiger partial charge on any atom is 0.342 e. The Hall–Kier alpha value is -2.16. The summed E-state index contributed by atoms with van der Waals surface area (Å²) < 4.78 is 4.90. The molecule has 0 N–H and O–H groups in total. The summed E-state index contributed by atoms with van der Waals surface area (Å²) in [4.78, 5) is 23.7. The average molecular weight is 242 g/mol. The summed E-state index contributed by atoms with van der Waals surface area (Å²) >= 11 is 0. The predicted molar refractivity (Wildman–Crippen MR) is 70.9 cm³/mol. The Morgan fingerprint density at radius 2 is 1.94 bits per heavy atom. The molecule has 3 nitrogen and oxygen atoms in total. The SMILES string of the molecule is CCOC(=O)c1cc2ccccc2c(C)cc1=O. The number of hydrogen-bond donors (Lipinski definition) is 0. The van der Waals surface area contributed by atoms with Crippen LogP contribution in [0.3, 0.4) is 0 Å². The Balaban J connectivity index is 2.77. The molecule has 0 aliphatic carbocycles. The third kappa shape index (κ3) is 2.25. The molecule has 0 amide bonds. The molecule has 3 heteroatoms. The molecular weight excluding hydrogens is 228 g/mol. The zero-order chi connectivity index (χ0) is 13.1. The smallest absolute Gasteiger partial charge is 0.342 e. The van der Waals surface area contributed by atoms with Gasteiger partial charge in [0.1, 0.15) is 5.56 Å². The van der Waals surface area contributed by atoms with Gasteiger partial charge in [-0.1, -0.05) is 24.3 Å². The largest absolute Gasteiger partial charge is 0.462 e. The number of carbonyl (C=O) groups excluding carboxylic acids is 1. The molecule has 0 saturated carbocycles. The first kappa shape index (κ1) is 12.3. The fourth-order valence-corrected chi connectivity index (χ4v) is 1.93.